The second kappa shape index (κ2) is 4.23. The topological polar surface area (TPSA) is 68.4 Å². The molecule has 3 N–H and O–H groups in total. The van der Waals surface area contributed by atoms with E-state index in [1.165, 1.54) is 0 Å². The molecule has 0 bridgehead atoms. The van der Waals surface area contributed by atoms with Crippen molar-refractivity contribution >= 4 is 15.9 Å². The van der Waals surface area contributed by atoms with Crippen molar-refractivity contribution in [2.75, 3.05) is 0 Å². The Bertz CT molecular complexity index is 370. The first-order valence-electron chi connectivity index (χ1n) is 3.67. The Hall–Kier alpha value is -1.02. The van der Waals surface area contributed by atoms with Crippen LogP contribution in [0.25, 0.3) is 0 Å². The standard InChI is InChI=1S/C7H6BrF3N2O2/c8-6-3(1-12)5(4(14)2-13-6)15-7(9,10)11/h2,14H,1,12H2. The van der Waals surface area contributed by atoms with E-state index in [9.17, 15) is 13.2 Å². The molecule has 0 saturated carbocycles. The summed E-state index contributed by atoms with van der Waals surface area (Å²) in [5, 5.41) is 9.15. The fourth-order valence-electron chi connectivity index (χ4n) is 0.909. The van der Waals surface area contributed by atoms with Gasteiger partial charge in [0.05, 0.1) is 6.20 Å². The molecule has 0 atom stereocenters. The highest BCUT2D eigenvalue weighted by atomic mass is 79.9. The van der Waals surface area contributed by atoms with Crippen molar-refractivity contribution in [3.63, 3.8) is 0 Å². The highest BCUT2D eigenvalue weighted by Gasteiger charge is 2.34. The number of alkyl halides is 3. The maximum absolute atomic E-state index is 12.0. The van der Waals surface area contributed by atoms with E-state index in [0.717, 1.165) is 6.20 Å². The van der Waals surface area contributed by atoms with Gasteiger partial charge in [-0.25, -0.2) is 4.98 Å². The molecule has 0 spiro atoms. The van der Waals surface area contributed by atoms with E-state index in [1.807, 2.05) is 0 Å². The van der Waals surface area contributed by atoms with Gasteiger partial charge in [0.2, 0.25) is 0 Å². The molecule has 0 radical (unpaired) electrons. The van der Waals surface area contributed by atoms with Crippen LogP contribution in [0.4, 0.5) is 13.2 Å². The van der Waals surface area contributed by atoms with Gasteiger partial charge < -0.3 is 15.6 Å². The van der Waals surface area contributed by atoms with Crippen LogP contribution in [0.5, 0.6) is 11.5 Å². The molecular weight excluding hydrogens is 281 g/mol. The number of nitrogens with zero attached hydrogens (tertiary/aromatic N) is 1. The average Bonchev–Trinajstić information content (AvgIpc) is 2.10. The van der Waals surface area contributed by atoms with Gasteiger partial charge in [-0.15, -0.1) is 13.2 Å². The number of rotatable bonds is 2. The van der Waals surface area contributed by atoms with Crippen LogP contribution in [0.2, 0.25) is 0 Å². The average molecular weight is 287 g/mol. The molecule has 1 aromatic rings. The number of aromatic nitrogens is 1. The van der Waals surface area contributed by atoms with Crippen molar-refractivity contribution in [2.24, 2.45) is 5.73 Å². The lowest BCUT2D eigenvalue weighted by Gasteiger charge is -2.14. The van der Waals surface area contributed by atoms with Crippen LogP contribution in [0.1, 0.15) is 5.56 Å². The van der Waals surface area contributed by atoms with Crippen molar-refractivity contribution < 1.29 is 23.0 Å². The van der Waals surface area contributed by atoms with Crippen LogP contribution < -0.4 is 10.5 Å². The molecule has 84 valence electrons. The van der Waals surface area contributed by atoms with Crippen LogP contribution in [0.3, 0.4) is 0 Å². The Labute approximate surface area is 91.0 Å². The first kappa shape index (κ1) is 12.1. The smallest absolute Gasteiger partial charge is 0.503 e. The second-order valence-corrected chi connectivity index (χ2v) is 3.24. The Morgan fingerprint density at radius 3 is 2.60 bits per heavy atom. The quantitative estimate of drug-likeness (QED) is 0.815. The zero-order chi connectivity index (χ0) is 11.6. The molecule has 0 aliphatic carbocycles. The van der Waals surface area contributed by atoms with Gasteiger partial charge >= 0.3 is 6.36 Å². The second-order valence-electron chi connectivity index (χ2n) is 2.49. The van der Waals surface area contributed by atoms with Crippen LogP contribution in [-0.4, -0.2) is 16.5 Å². The number of pyridine rings is 1. The largest absolute Gasteiger partial charge is 0.573 e. The molecule has 0 aliphatic rings. The Kier molecular flexibility index (Phi) is 3.40. The number of aromatic hydroxyl groups is 1. The molecule has 0 amide bonds. The number of ether oxygens (including phenoxy) is 1. The molecule has 0 aromatic carbocycles. The van der Waals surface area contributed by atoms with Gasteiger partial charge in [-0.3, -0.25) is 0 Å². The summed E-state index contributed by atoms with van der Waals surface area (Å²) in [5.74, 6) is -1.44. The molecule has 0 aliphatic heterocycles. The lowest BCUT2D eigenvalue weighted by atomic mass is 10.2. The molecular formula is C7H6BrF3N2O2. The monoisotopic (exact) mass is 286 g/mol. The van der Waals surface area contributed by atoms with Crippen LogP contribution in [-0.2, 0) is 6.54 Å². The van der Waals surface area contributed by atoms with Crippen LogP contribution in [0, 0.1) is 0 Å². The Balaban J connectivity index is 3.20. The van der Waals surface area contributed by atoms with Crippen molar-refractivity contribution in [2.45, 2.75) is 12.9 Å². The fourth-order valence-corrected chi connectivity index (χ4v) is 1.35. The SMILES string of the molecule is NCc1c(Br)ncc(O)c1OC(F)(F)F. The maximum atomic E-state index is 12.0. The molecule has 0 fully saturated rings. The minimum atomic E-state index is -4.89. The van der Waals surface area contributed by atoms with E-state index in [2.05, 4.69) is 25.7 Å². The summed E-state index contributed by atoms with van der Waals surface area (Å²) in [6.45, 7) is -0.243. The van der Waals surface area contributed by atoms with Gasteiger partial charge in [0.1, 0.15) is 4.60 Å². The lowest BCUT2D eigenvalue weighted by molar-refractivity contribution is -0.275. The van der Waals surface area contributed by atoms with Crippen molar-refractivity contribution in [1.29, 1.82) is 0 Å². The summed E-state index contributed by atoms with van der Waals surface area (Å²) in [4.78, 5) is 3.58. The van der Waals surface area contributed by atoms with E-state index in [1.54, 1.807) is 0 Å². The zero-order valence-electron chi connectivity index (χ0n) is 7.18. The van der Waals surface area contributed by atoms with E-state index in [-0.39, 0.29) is 16.7 Å². The van der Waals surface area contributed by atoms with Crippen molar-refractivity contribution in [1.82, 2.24) is 4.98 Å². The minimum Gasteiger partial charge on any atom is -0.503 e. The molecule has 8 heteroatoms. The van der Waals surface area contributed by atoms with Gasteiger partial charge in [-0.05, 0) is 15.9 Å². The van der Waals surface area contributed by atoms with Crippen LogP contribution in [0.15, 0.2) is 10.8 Å². The first-order valence-corrected chi connectivity index (χ1v) is 4.46. The number of hydrogen-bond acceptors (Lipinski definition) is 4. The summed E-state index contributed by atoms with van der Waals surface area (Å²) in [7, 11) is 0. The van der Waals surface area contributed by atoms with Gasteiger partial charge in [0, 0.05) is 12.1 Å². The number of halogens is 4. The predicted molar refractivity (Wildman–Crippen MR) is 48.2 cm³/mol. The van der Waals surface area contributed by atoms with Crippen LogP contribution >= 0.6 is 15.9 Å². The summed E-state index contributed by atoms with van der Waals surface area (Å²) < 4.78 is 39.6. The van der Waals surface area contributed by atoms with Gasteiger partial charge in [0.25, 0.3) is 0 Å². The zero-order valence-corrected chi connectivity index (χ0v) is 8.76. The number of hydrogen-bond donors (Lipinski definition) is 2. The summed E-state index contributed by atoms with van der Waals surface area (Å²) >= 11 is 2.90. The molecule has 0 saturated heterocycles. The minimum absolute atomic E-state index is 0.0488. The summed E-state index contributed by atoms with van der Waals surface area (Å²) in [6, 6.07) is 0. The first-order chi connectivity index (χ1) is 6.85. The molecule has 1 aromatic heterocycles. The van der Waals surface area contributed by atoms with E-state index >= 15 is 0 Å². The Morgan fingerprint density at radius 1 is 1.53 bits per heavy atom. The predicted octanol–water partition coefficient (Wildman–Crippen LogP) is 1.91. The summed E-state index contributed by atoms with van der Waals surface area (Å²) in [6.07, 6.45) is -4.05. The van der Waals surface area contributed by atoms with E-state index < -0.39 is 17.9 Å². The third-order valence-electron chi connectivity index (χ3n) is 1.48. The van der Waals surface area contributed by atoms with Gasteiger partial charge in [0.15, 0.2) is 11.5 Å². The number of nitrogens with two attached hydrogens (primary N) is 1. The Morgan fingerprint density at radius 2 is 2.13 bits per heavy atom. The highest BCUT2D eigenvalue weighted by Crippen LogP contribution is 2.36. The lowest BCUT2D eigenvalue weighted by Crippen LogP contribution is -2.19. The molecule has 4 nitrogen and oxygen atoms in total. The third-order valence-corrected chi connectivity index (χ3v) is 2.16. The normalized spacial score (nSPS) is 11.5. The summed E-state index contributed by atoms with van der Waals surface area (Å²) in [5.41, 5.74) is 5.16. The highest BCUT2D eigenvalue weighted by molar-refractivity contribution is 9.10. The van der Waals surface area contributed by atoms with Crippen molar-refractivity contribution in [3.05, 3.63) is 16.4 Å². The molecule has 1 heterocycles. The molecule has 0 unspecified atom stereocenters. The third kappa shape index (κ3) is 2.96. The van der Waals surface area contributed by atoms with Gasteiger partial charge in [-0.2, -0.15) is 0 Å². The van der Waals surface area contributed by atoms with Gasteiger partial charge in [-0.1, -0.05) is 0 Å². The van der Waals surface area contributed by atoms with E-state index in [4.69, 9.17) is 10.8 Å². The van der Waals surface area contributed by atoms with E-state index in [0.29, 0.717) is 0 Å². The van der Waals surface area contributed by atoms with Crippen molar-refractivity contribution in [3.8, 4) is 11.5 Å². The fraction of sp³-hybridized carbons (Fsp3) is 0.286. The maximum Gasteiger partial charge on any atom is 0.573 e. The molecule has 1 rings (SSSR count). The molecule has 15 heavy (non-hydrogen) atoms.